The monoisotopic (exact) mass is 140 g/mol. The third kappa shape index (κ3) is 0.964. The molecule has 2 N–H and O–H groups in total. The second-order valence-electron chi connectivity index (χ2n) is 1.95. The Labute approximate surface area is 58.4 Å². The van der Waals surface area contributed by atoms with E-state index in [0.29, 0.717) is 6.61 Å². The van der Waals surface area contributed by atoms with Crippen molar-refractivity contribution in [1.29, 1.82) is 0 Å². The summed E-state index contributed by atoms with van der Waals surface area (Å²) in [5.41, 5.74) is 1.12. The van der Waals surface area contributed by atoms with Crippen LogP contribution in [0.4, 0.5) is 0 Å². The van der Waals surface area contributed by atoms with E-state index >= 15 is 0 Å². The van der Waals surface area contributed by atoms with E-state index in [9.17, 15) is 0 Å². The Hall–Kier alpha value is -1.06. The molecule has 1 aromatic carbocycles. The Bertz CT molecular complexity index is 199. The topological polar surface area (TPSA) is 50.0 Å². The zero-order valence-electron chi connectivity index (χ0n) is 5.33. The lowest BCUT2D eigenvalue weighted by Crippen LogP contribution is -1.80. The van der Waals surface area contributed by atoms with Gasteiger partial charge in [0.2, 0.25) is 0 Å². The molecule has 2 rings (SSSR count). The third-order valence-corrected chi connectivity index (χ3v) is 1.34. The van der Waals surface area contributed by atoms with Gasteiger partial charge >= 0.3 is 0 Å². The van der Waals surface area contributed by atoms with E-state index in [1.54, 1.807) is 0 Å². The van der Waals surface area contributed by atoms with Crippen LogP contribution >= 0.6 is 0 Å². The van der Waals surface area contributed by atoms with Gasteiger partial charge in [-0.15, -0.1) is 0 Å². The smallest absolute Gasteiger partial charge is 0.171 e. The van der Waals surface area contributed by atoms with Gasteiger partial charge in [-0.05, 0) is 6.07 Å². The molecule has 0 amide bonds. The van der Waals surface area contributed by atoms with E-state index in [1.807, 2.05) is 24.3 Å². The van der Waals surface area contributed by atoms with Crippen molar-refractivity contribution < 1.29 is 15.3 Å². The fraction of sp³-hybridized carbons (Fsp3) is 0.143. The largest absolute Gasteiger partial charge is 0.412 e. The van der Waals surface area contributed by atoms with Crippen molar-refractivity contribution in [3.63, 3.8) is 0 Å². The molecule has 54 valence electrons. The lowest BCUT2D eigenvalue weighted by atomic mass is 10.2. The van der Waals surface area contributed by atoms with Gasteiger partial charge in [-0.25, -0.2) is 0 Å². The van der Waals surface area contributed by atoms with E-state index < -0.39 is 0 Å². The van der Waals surface area contributed by atoms with Gasteiger partial charge < -0.3 is 10.4 Å². The number of para-hydroxylation sites is 1. The number of fused-ring (bicyclic) bond motifs is 1. The summed E-state index contributed by atoms with van der Waals surface area (Å²) in [6, 6.07) is 7.77. The Kier molecular flexibility index (Phi) is 1.89. The summed E-state index contributed by atoms with van der Waals surface area (Å²) in [6.45, 7) is 0.580. The molecule has 10 heavy (non-hydrogen) atoms. The average Bonchev–Trinajstić information content (AvgIpc) is 2.33. The number of hydrogen-bond acceptors (Lipinski definition) is 2. The molecular weight excluding hydrogens is 132 g/mol. The van der Waals surface area contributed by atoms with Crippen LogP contribution in [0.1, 0.15) is 5.56 Å². The van der Waals surface area contributed by atoms with E-state index in [2.05, 4.69) is 0 Å². The first-order chi connectivity index (χ1) is 4.47. The van der Waals surface area contributed by atoms with E-state index in [0.717, 1.165) is 11.3 Å². The maximum atomic E-state index is 4.80. The van der Waals surface area contributed by atoms with Crippen molar-refractivity contribution in [2.24, 2.45) is 0 Å². The van der Waals surface area contributed by atoms with Gasteiger partial charge in [0.15, 0.2) is 5.75 Å². The highest BCUT2D eigenvalue weighted by Crippen LogP contribution is 2.24. The Morgan fingerprint density at radius 3 is 2.80 bits per heavy atom. The number of hydrogen-bond donors (Lipinski definition) is 0. The highest BCUT2D eigenvalue weighted by molar-refractivity contribution is 5.33. The van der Waals surface area contributed by atoms with Crippen LogP contribution in [-0.2, 0) is 11.5 Å². The number of benzene rings is 1. The van der Waals surface area contributed by atoms with Crippen LogP contribution in [0.15, 0.2) is 24.3 Å². The predicted octanol–water partition coefficient (Wildman–Crippen LogP) is 0.686. The molecule has 1 aliphatic rings. The molecule has 0 saturated carbocycles. The molecule has 0 atom stereocenters. The van der Waals surface area contributed by atoms with Crippen molar-refractivity contribution in [3.05, 3.63) is 29.8 Å². The minimum atomic E-state index is 0. The maximum absolute atomic E-state index is 4.80. The van der Waals surface area contributed by atoms with Crippen molar-refractivity contribution in [2.75, 3.05) is 0 Å². The van der Waals surface area contributed by atoms with Gasteiger partial charge in [-0.3, -0.25) is 0 Å². The van der Waals surface area contributed by atoms with E-state index in [1.165, 1.54) is 0 Å². The van der Waals surface area contributed by atoms with Crippen LogP contribution in [0.2, 0.25) is 0 Å². The summed E-state index contributed by atoms with van der Waals surface area (Å²) in [5, 5.41) is 0. The second kappa shape index (κ2) is 2.68. The first-order valence-electron chi connectivity index (χ1n) is 2.84. The van der Waals surface area contributed by atoms with Gasteiger partial charge in [-0.2, -0.15) is 4.89 Å². The van der Waals surface area contributed by atoms with Crippen LogP contribution in [0.5, 0.6) is 5.75 Å². The lowest BCUT2D eigenvalue weighted by Gasteiger charge is -1.89. The average molecular weight is 140 g/mol. The Balaban J connectivity index is 0.000000500. The van der Waals surface area contributed by atoms with E-state index in [4.69, 9.17) is 9.78 Å². The molecular formula is C7H8O3. The minimum Gasteiger partial charge on any atom is -0.412 e. The zero-order chi connectivity index (χ0) is 6.10. The van der Waals surface area contributed by atoms with Crippen molar-refractivity contribution in [1.82, 2.24) is 0 Å². The third-order valence-electron chi connectivity index (χ3n) is 1.34. The molecule has 0 unspecified atom stereocenters. The first kappa shape index (κ1) is 7.05. The van der Waals surface area contributed by atoms with Crippen LogP contribution in [0, 0.1) is 0 Å². The second-order valence-corrected chi connectivity index (χ2v) is 1.95. The number of rotatable bonds is 0. The normalized spacial score (nSPS) is 13.2. The molecule has 0 bridgehead atoms. The van der Waals surface area contributed by atoms with Crippen LogP contribution in [0.3, 0.4) is 0 Å². The summed E-state index contributed by atoms with van der Waals surface area (Å²) in [4.78, 5) is 9.51. The van der Waals surface area contributed by atoms with Gasteiger partial charge in [0.25, 0.3) is 0 Å². The van der Waals surface area contributed by atoms with Crippen LogP contribution in [0.25, 0.3) is 0 Å². The summed E-state index contributed by atoms with van der Waals surface area (Å²) in [5.74, 6) is 0.845. The summed E-state index contributed by atoms with van der Waals surface area (Å²) in [6.07, 6.45) is 0. The van der Waals surface area contributed by atoms with Crippen molar-refractivity contribution in [2.45, 2.75) is 6.61 Å². The molecule has 3 heteroatoms. The van der Waals surface area contributed by atoms with Gasteiger partial charge in [0.05, 0.1) is 0 Å². The van der Waals surface area contributed by atoms with E-state index in [-0.39, 0.29) is 5.48 Å². The Morgan fingerprint density at radius 1 is 1.20 bits per heavy atom. The molecule has 0 aromatic heterocycles. The standard InChI is InChI=1S/C7H6O2.H2O/c1-2-4-7-6(3-1)5-8-9-7;/h1-4H,5H2;1H2. The summed E-state index contributed by atoms with van der Waals surface area (Å²) < 4.78 is 0. The molecule has 1 aliphatic heterocycles. The van der Waals surface area contributed by atoms with Gasteiger partial charge in [0, 0.05) is 5.56 Å². The van der Waals surface area contributed by atoms with Crippen LogP contribution in [-0.4, -0.2) is 5.48 Å². The van der Waals surface area contributed by atoms with Gasteiger partial charge in [0.1, 0.15) is 6.61 Å². The fourth-order valence-corrected chi connectivity index (χ4v) is 0.861. The molecule has 0 radical (unpaired) electrons. The highest BCUT2D eigenvalue weighted by atomic mass is 17.2. The fourth-order valence-electron chi connectivity index (χ4n) is 0.861. The summed E-state index contributed by atoms with van der Waals surface area (Å²) >= 11 is 0. The maximum Gasteiger partial charge on any atom is 0.171 e. The van der Waals surface area contributed by atoms with Crippen LogP contribution < -0.4 is 4.89 Å². The molecule has 1 aromatic rings. The Morgan fingerprint density at radius 2 is 2.00 bits per heavy atom. The molecule has 3 nitrogen and oxygen atoms in total. The quantitative estimate of drug-likeness (QED) is 0.497. The van der Waals surface area contributed by atoms with Gasteiger partial charge in [-0.1, -0.05) is 18.2 Å². The molecule has 0 fully saturated rings. The van der Waals surface area contributed by atoms with Crippen molar-refractivity contribution in [3.8, 4) is 5.75 Å². The first-order valence-corrected chi connectivity index (χ1v) is 2.84. The molecule has 0 spiro atoms. The lowest BCUT2D eigenvalue weighted by molar-refractivity contribution is -0.194. The molecule has 0 saturated heterocycles. The summed E-state index contributed by atoms with van der Waals surface area (Å²) in [7, 11) is 0. The van der Waals surface area contributed by atoms with Crippen molar-refractivity contribution >= 4 is 0 Å². The highest BCUT2D eigenvalue weighted by Gasteiger charge is 2.10. The zero-order valence-corrected chi connectivity index (χ0v) is 5.33. The predicted molar refractivity (Wildman–Crippen MR) is 35.5 cm³/mol. The molecule has 1 heterocycles. The molecule has 0 aliphatic carbocycles. The SMILES string of the molecule is O.c1ccc2c(c1)COO2. The minimum absolute atomic E-state index is 0.